The zero-order valence-electron chi connectivity index (χ0n) is 11.8. The van der Waals surface area contributed by atoms with Gasteiger partial charge in [-0.05, 0) is 17.7 Å². The highest BCUT2D eigenvalue weighted by molar-refractivity contribution is 6.35. The molecule has 2 amide bonds. The van der Waals surface area contributed by atoms with Gasteiger partial charge in [0.2, 0.25) is 11.6 Å². The van der Waals surface area contributed by atoms with Gasteiger partial charge in [0.1, 0.15) is 5.82 Å². The van der Waals surface area contributed by atoms with E-state index in [0.717, 1.165) is 0 Å². The number of fused-ring (bicyclic) bond motifs is 1. The van der Waals surface area contributed by atoms with Crippen LogP contribution in [0.1, 0.15) is 12.5 Å². The molecule has 0 saturated heterocycles. The van der Waals surface area contributed by atoms with E-state index in [-0.39, 0.29) is 18.1 Å². The Morgan fingerprint density at radius 1 is 1.36 bits per heavy atom. The molecule has 7 heteroatoms. The van der Waals surface area contributed by atoms with Crippen molar-refractivity contribution in [3.05, 3.63) is 48.0 Å². The van der Waals surface area contributed by atoms with Crippen molar-refractivity contribution >= 4 is 23.9 Å². The van der Waals surface area contributed by atoms with Gasteiger partial charge in [0.05, 0.1) is 6.21 Å². The number of carbonyl (C=O) groups excluding carboxylic acids is 2. The van der Waals surface area contributed by atoms with Gasteiger partial charge in [-0.1, -0.05) is 12.1 Å². The molecule has 0 spiro atoms. The SMILES string of the molecule is CC(=O)NC1(Cc2ccc(F)cc2)C(=O)N=C2C=NC=CN21. The standard InChI is InChI=1S/C15H13FN4O2/c1-10(21)19-15(8-11-2-4-12(16)5-3-11)14(22)18-13-9-17-6-7-20(13)15/h2-7,9H,8H2,1H3,(H,19,21). The first-order chi connectivity index (χ1) is 10.5. The van der Waals surface area contributed by atoms with E-state index in [0.29, 0.717) is 11.4 Å². The van der Waals surface area contributed by atoms with Crippen molar-refractivity contribution in [1.29, 1.82) is 0 Å². The second-order valence-electron chi connectivity index (χ2n) is 5.07. The number of aliphatic imine (C=N–C) groups is 2. The van der Waals surface area contributed by atoms with Crippen LogP contribution < -0.4 is 5.32 Å². The lowest BCUT2D eigenvalue weighted by molar-refractivity contribution is -0.133. The molecule has 6 nitrogen and oxygen atoms in total. The Morgan fingerprint density at radius 2 is 2.09 bits per heavy atom. The van der Waals surface area contributed by atoms with E-state index in [1.165, 1.54) is 31.5 Å². The maximum absolute atomic E-state index is 13.1. The average molecular weight is 300 g/mol. The van der Waals surface area contributed by atoms with Crippen LogP contribution in [0.25, 0.3) is 0 Å². The third-order valence-electron chi connectivity index (χ3n) is 3.48. The Morgan fingerprint density at radius 3 is 2.77 bits per heavy atom. The van der Waals surface area contributed by atoms with Gasteiger partial charge in [0.25, 0.3) is 5.91 Å². The van der Waals surface area contributed by atoms with E-state index in [9.17, 15) is 14.0 Å². The molecule has 2 aliphatic heterocycles. The molecule has 0 radical (unpaired) electrons. The molecule has 0 fully saturated rings. The van der Waals surface area contributed by atoms with Gasteiger partial charge in [-0.2, -0.15) is 4.99 Å². The van der Waals surface area contributed by atoms with Crippen LogP contribution >= 0.6 is 0 Å². The van der Waals surface area contributed by atoms with Gasteiger partial charge in [-0.25, -0.2) is 4.39 Å². The minimum atomic E-state index is -1.35. The molecule has 0 aromatic heterocycles. The minimum Gasteiger partial charge on any atom is -0.325 e. The zero-order valence-corrected chi connectivity index (χ0v) is 11.8. The second-order valence-corrected chi connectivity index (χ2v) is 5.07. The lowest BCUT2D eigenvalue weighted by Gasteiger charge is -2.36. The number of benzene rings is 1. The van der Waals surface area contributed by atoms with Crippen molar-refractivity contribution in [1.82, 2.24) is 10.2 Å². The number of nitrogens with one attached hydrogen (secondary N) is 1. The quantitative estimate of drug-likeness (QED) is 0.905. The number of amides is 2. The average Bonchev–Trinajstić information content (AvgIpc) is 2.74. The Bertz CT molecular complexity index is 724. The van der Waals surface area contributed by atoms with Crippen LogP contribution in [0, 0.1) is 5.82 Å². The van der Waals surface area contributed by atoms with E-state index in [2.05, 4.69) is 15.3 Å². The maximum atomic E-state index is 13.1. The molecule has 1 unspecified atom stereocenters. The molecule has 0 aliphatic carbocycles. The molecule has 0 saturated carbocycles. The number of halogens is 1. The van der Waals surface area contributed by atoms with Gasteiger partial charge in [0.15, 0.2) is 5.84 Å². The fourth-order valence-electron chi connectivity index (χ4n) is 2.57. The first-order valence-corrected chi connectivity index (χ1v) is 6.67. The van der Waals surface area contributed by atoms with Gasteiger partial charge in [-0.3, -0.25) is 19.5 Å². The van der Waals surface area contributed by atoms with E-state index in [1.54, 1.807) is 23.2 Å². The molecule has 0 bridgehead atoms. The normalized spacial score (nSPS) is 22.5. The molecule has 1 aromatic carbocycles. The summed E-state index contributed by atoms with van der Waals surface area (Å²) in [6.07, 6.45) is 4.71. The van der Waals surface area contributed by atoms with Crippen LogP contribution in [-0.4, -0.2) is 34.4 Å². The van der Waals surface area contributed by atoms with E-state index < -0.39 is 11.6 Å². The van der Waals surface area contributed by atoms with Crippen molar-refractivity contribution in [2.45, 2.75) is 19.0 Å². The summed E-state index contributed by atoms with van der Waals surface area (Å²) in [7, 11) is 0. The highest BCUT2D eigenvalue weighted by Gasteiger charge is 2.50. The number of hydrogen-bond donors (Lipinski definition) is 1. The number of rotatable bonds is 3. The fraction of sp³-hybridized carbons (Fsp3) is 0.200. The molecule has 2 aliphatic rings. The van der Waals surface area contributed by atoms with Gasteiger partial charge < -0.3 is 5.32 Å². The maximum Gasteiger partial charge on any atom is 0.295 e. The molecule has 1 aromatic rings. The molecule has 2 heterocycles. The molecule has 112 valence electrons. The topological polar surface area (TPSA) is 74.1 Å². The largest absolute Gasteiger partial charge is 0.325 e. The summed E-state index contributed by atoms with van der Waals surface area (Å²) >= 11 is 0. The van der Waals surface area contributed by atoms with Gasteiger partial charge in [-0.15, -0.1) is 0 Å². The number of hydrogen-bond acceptors (Lipinski definition) is 4. The number of carbonyl (C=O) groups is 2. The molecular formula is C15H13FN4O2. The summed E-state index contributed by atoms with van der Waals surface area (Å²) in [4.78, 5) is 33.5. The Labute approximate surface area is 126 Å². The van der Waals surface area contributed by atoms with Crippen molar-refractivity contribution in [3.8, 4) is 0 Å². The lowest BCUT2D eigenvalue weighted by Crippen LogP contribution is -2.62. The second kappa shape index (κ2) is 5.18. The van der Waals surface area contributed by atoms with Crippen LogP contribution in [0.15, 0.2) is 46.7 Å². The first kappa shape index (κ1) is 14.1. The zero-order chi connectivity index (χ0) is 15.7. The third-order valence-corrected chi connectivity index (χ3v) is 3.48. The molecule has 3 rings (SSSR count). The van der Waals surface area contributed by atoms with E-state index in [1.807, 2.05) is 0 Å². The predicted molar refractivity (Wildman–Crippen MR) is 78.6 cm³/mol. The van der Waals surface area contributed by atoms with Crippen molar-refractivity contribution in [2.75, 3.05) is 0 Å². The van der Waals surface area contributed by atoms with Gasteiger partial charge in [0, 0.05) is 25.7 Å². The van der Waals surface area contributed by atoms with Crippen LogP contribution in [0.2, 0.25) is 0 Å². The Kier molecular flexibility index (Phi) is 3.32. The van der Waals surface area contributed by atoms with Crippen LogP contribution in [0.4, 0.5) is 4.39 Å². The van der Waals surface area contributed by atoms with Crippen molar-refractivity contribution in [2.24, 2.45) is 9.98 Å². The Hall–Kier alpha value is -2.83. The predicted octanol–water partition coefficient (Wildman–Crippen LogP) is 0.997. The summed E-state index contributed by atoms with van der Waals surface area (Å²) in [6, 6.07) is 5.77. The summed E-state index contributed by atoms with van der Waals surface area (Å²) in [5, 5.41) is 2.68. The molecule has 22 heavy (non-hydrogen) atoms. The summed E-state index contributed by atoms with van der Waals surface area (Å²) in [5.41, 5.74) is -0.641. The minimum absolute atomic E-state index is 0.164. The number of nitrogens with zero attached hydrogens (tertiary/aromatic N) is 3. The van der Waals surface area contributed by atoms with Crippen molar-refractivity contribution in [3.63, 3.8) is 0 Å². The molecule has 1 atom stereocenters. The van der Waals surface area contributed by atoms with Crippen molar-refractivity contribution < 1.29 is 14.0 Å². The lowest BCUT2D eigenvalue weighted by atomic mass is 9.97. The first-order valence-electron chi connectivity index (χ1n) is 6.67. The summed E-state index contributed by atoms with van der Waals surface area (Å²) in [6.45, 7) is 1.33. The fourth-order valence-corrected chi connectivity index (χ4v) is 2.57. The highest BCUT2D eigenvalue weighted by Crippen LogP contribution is 2.28. The van der Waals surface area contributed by atoms with Crippen LogP contribution in [0.5, 0.6) is 0 Å². The number of amidine groups is 1. The third kappa shape index (κ3) is 2.30. The molecule has 1 N–H and O–H groups in total. The Balaban J connectivity index is 2.00. The summed E-state index contributed by atoms with van der Waals surface area (Å²) in [5.74, 6) is -0.844. The van der Waals surface area contributed by atoms with E-state index in [4.69, 9.17) is 0 Å². The van der Waals surface area contributed by atoms with Gasteiger partial charge >= 0.3 is 0 Å². The van der Waals surface area contributed by atoms with E-state index >= 15 is 0 Å². The molecular weight excluding hydrogens is 287 g/mol. The van der Waals surface area contributed by atoms with Crippen LogP contribution in [0.3, 0.4) is 0 Å². The smallest absolute Gasteiger partial charge is 0.295 e. The monoisotopic (exact) mass is 300 g/mol. The summed E-state index contributed by atoms with van der Waals surface area (Å²) < 4.78 is 13.1. The highest BCUT2D eigenvalue weighted by atomic mass is 19.1. The van der Waals surface area contributed by atoms with Crippen LogP contribution in [-0.2, 0) is 16.0 Å².